The van der Waals surface area contributed by atoms with Crippen molar-refractivity contribution >= 4 is 34.6 Å². The summed E-state index contributed by atoms with van der Waals surface area (Å²) < 4.78 is 15.9. The molecule has 2 aromatic carbocycles. The second-order valence-electron chi connectivity index (χ2n) is 8.68. The zero-order valence-electron chi connectivity index (χ0n) is 20.0. The summed E-state index contributed by atoms with van der Waals surface area (Å²) in [5.41, 5.74) is 2.27. The number of amides is 1. The minimum Gasteiger partial charge on any atom is -0.352 e. The van der Waals surface area contributed by atoms with Crippen molar-refractivity contribution in [3.05, 3.63) is 119 Å². The number of rotatable bonds is 8. The van der Waals surface area contributed by atoms with Crippen LogP contribution >= 0.6 is 12.2 Å². The second-order valence-corrected chi connectivity index (χ2v) is 9.06. The van der Waals surface area contributed by atoms with Gasteiger partial charge in [-0.15, -0.1) is 0 Å². The van der Waals surface area contributed by atoms with Crippen molar-refractivity contribution in [1.29, 1.82) is 0 Å². The van der Waals surface area contributed by atoms with Crippen molar-refractivity contribution in [3.8, 4) is 5.69 Å². The number of para-hydroxylation sites is 1. The first-order valence-electron chi connectivity index (χ1n) is 11.9. The lowest BCUT2D eigenvalue weighted by Crippen LogP contribution is -2.33. The Hall–Kier alpha value is -4.64. The summed E-state index contributed by atoms with van der Waals surface area (Å²) in [5, 5.41) is 17.8. The zero-order valence-corrected chi connectivity index (χ0v) is 20.8. The Labute approximate surface area is 223 Å². The lowest BCUT2D eigenvalue weighted by molar-refractivity contribution is -0.384. The molecule has 192 valence electrons. The van der Waals surface area contributed by atoms with Crippen molar-refractivity contribution in [2.24, 2.45) is 0 Å². The number of thiocarbonyl (C=S) groups is 1. The van der Waals surface area contributed by atoms with Crippen LogP contribution in [0.1, 0.15) is 29.9 Å². The molecule has 38 heavy (non-hydrogen) atoms. The molecule has 0 radical (unpaired) electrons. The molecule has 0 unspecified atom stereocenters. The first-order chi connectivity index (χ1) is 18.4. The summed E-state index contributed by atoms with van der Waals surface area (Å²) in [4.78, 5) is 30.1. The van der Waals surface area contributed by atoms with Gasteiger partial charge in [-0.3, -0.25) is 19.9 Å². The number of benzene rings is 2. The molecular formula is C27H23FN6O3S. The second kappa shape index (κ2) is 10.8. The molecule has 3 heterocycles. The molecule has 1 fully saturated rings. The Bertz CT molecular complexity index is 1490. The van der Waals surface area contributed by atoms with Gasteiger partial charge in [0, 0.05) is 43.2 Å². The molecule has 2 N–H and O–H groups in total. The molecule has 2 aromatic heterocycles. The SMILES string of the molecule is O=C(CCN1C(=S)N[C@@H](c2ccccn2)[C@@H]1c1cccn1-c1cccc([N+](=O)[O-])c1)Nc1ccccc1F. The number of halogens is 1. The van der Waals surface area contributed by atoms with E-state index in [1.54, 1.807) is 30.5 Å². The van der Waals surface area contributed by atoms with Gasteiger partial charge in [0.1, 0.15) is 5.82 Å². The predicted molar refractivity (Wildman–Crippen MR) is 144 cm³/mol. The Kier molecular flexibility index (Phi) is 7.09. The average molecular weight is 531 g/mol. The highest BCUT2D eigenvalue weighted by atomic mass is 32.1. The van der Waals surface area contributed by atoms with Crippen molar-refractivity contribution in [1.82, 2.24) is 19.8 Å². The number of aromatic nitrogens is 2. The average Bonchev–Trinajstić information content (AvgIpc) is 3.53. The third-order valence-corrected chi connectivity index (χ3v) is 6.68. The highest BCUT2D eigenvalue weighted by molar-refractivity contribution is 7.80. The summed E-state index contributed by atoms with van der Waals surface area (Å²) in [6, 6.07) is 21.0. The number of nitro groups is 1. The molecule has 4 aromatic rings. The monoisotopic (exact) mass is 530 g/mol. The Morgan fingerprint density at radius 2 is 1.92 bits per heavy atom. The quantitative estimate of drug-likeness (QED) is 0.189. The van der Waals surface area contributed by atoms with E-state index in [9.17, 15) is 19.3 Å². The van der Waals surface area contributed by atoms with Crippen LogP contribution in [-0.4, -0.2) is 36.9 Å². The molecule has 0 saturated carbocycles. The molecule has 5 rings (SSSR count). The van der Waals surface area contributed by atoms with E-state index in [0.717, 1.165) is 11.4 Å². The molecule has 9 nitrogen and oxygen atoms in total. The number of pyridine rings is 1. The van der Waals surface area contributed by atoms with Gasteiger partial charge < -0.3 is 20.1 Å². The van der Waals surface area contributed by atoms with Crippen LogP contribution in [-0.2, 0) is 4.79 Å². The van der Waals surface area contributed by atoms with Crippen molar-refractivity contribution < 1.29 is 14.1 Å². The third kappa shape index (κ3) is 5.09. The van der Waals surface area contributed by atoms with Gasteiger partial charge in [0.05, 0.1) is 34.1 Å². The van der Waals surface area contributed by atoms with E-state index in [1.165, 1.54) is 24.3 Å². The van der Waals surface area contributed by atoms with Crippen LogP contribution < -0.4 is 10.6 Å². The minimum absolute atomic E-state index is 0.0230. The molecule has 0 bridgehead atoms. The smallest absolute Gasteiger partial charge is 0.271 e. The lowest BCUT2D eigenvalue weighted by Gasteiger charge is -2.28. The van der Waals surface area contributed by atoms with Gasteiger partial charge in [0.2, 0.25) is 5.91 Å². The highest BCUT2D eigenvalue weighted by Gasteiger charge is 2.41. The lowest BCUT2D eigenvalue weighted by atomic mass is 10.0. The summed E-state index contributed by atoms with van der Waals surface area (Å²) in [7, 11) is 0. The number of anilines is 1. The van der Waals surface area contributed by atoms with Gasteiger partial charge in [-0.25, -0.2) is 4.39 Å². The highest BCUT2D eigenvalue weighted by Crippen LogP contribution is 2.39. The number of hydrogen-bond acceptors (Lipinski definition) is 5. The van der Waals surface area contributed by atoms with E-state index in [4.69, 9.17) is 12.2 Å². The van der Waals surface area contributed by atoms with Crippen LogP contribution in [0, 0.1) is 15.9 Å². The molecule has 1 aliphatic heterocycles. The molecule has 2 atom stereocenters. The number of nitro benzene ring substituents is 1. The maximum absolute atomic E-state index is 14.0. The van der Waals surface area contributed by atoms with Gasteiger partial charge in [-0.1, -0.05) is 24.3 Å². The molecule has 0 aliphatic carbocycles. The van der Waals surface area contributed by atoms with E-state index in [2.05, 4.69) is 15.6 Å². The standard InChI is InChI=1S/C27H23FN6O3S/c28-20-9-1-2-10-21(20)30-24(35)13-16-33-26(25(31-27(33)38)22-11-3-4-14-29-22)23-12-6-15-32(23)18-7-5-8-19(17-18)34(36)37/h1-12,14-15,17,25-26H,13,16H2,(H,30,35)(H,31,38)/t25-,26-/m0/s1. The zero-order chi connectivity index (χ0) is 26.6. The fourth-order valence-electron chi connectivity index (χ4n) is 4.59. The number of carbonyl (C=O) groups is 1. The van der Waals surface area contributed by atoms with Crippen LogP contribution in [0.15, 0.2) is 91.3 Å². The van der Waals surface area contributed by atoms with Crippen LogP contribution in [0.3, 0.4) is 0 Å². The van der Waals surface area contributed by atoms with E-state index in [0.29, 0.717) is 10.8 Å². The van der Waals surface area contributed by atoms with E-state index < -0.39 is 10.7 Å². The molecule has 1 amide bonds. The van der Waals surface area contributed by atoms with Crippen LogP contribution in [0.2, 0.25) is 0 Å². The van der Waals surface area contributed by atoms with Gasteiger partial charge in [0.25, 0.3) is 5.69 Å². The van der Waals surface area contributed by atoms with Gasteiger partial charge in [-0.05, 0) is 54.7 Å². The first-order valence-corrected chi connectivity index (χ1v) is 12.3. The number of non-ortho nitro benzene ring substituents is 1. The minimum atomic E-state index is -0.512. The summed E-state index contributed by atoms with van der Waals surface area (Å²) in [6.45, 7) is 0.250. The molecule has 1 saturated heterocycles. The molecule has 11 heteroatoms. The predicted octanol–water partition coefficient (Wildman–Crippen LogP) is 4.92. The van der Waals surface area contributed by atoms with Crippen molar-refractivity contribution in [2.75, 3.05) is 11.9 Å². The molecule has 0 spiro atoms. The third-order valence-electron chi connectivity index (χ3n) is 6.33. The molecular weight excluding hydrogens is 507 g/mol. The van der Waals surface area contributed by atoms with Crippen LogP contribution in [0.25, 0.3) is 5.69 Å². The Morgan fingerprint density at radius 1 is 1.11 bits per heavy atom. The maximum Gasteiger partial charge on any atom is 0.271 e. The maximum atomic E-state index is 14.0. The summed E-state index contributed by atoms with van der Waals surface area (Å²) in [6.07, 6.45) is 3.58. The van der Waals surface area contributed by atoms with Gasteiger partial charge in [0.15, 0.2) is 5.11 Å². The number of carbonyl (C=O) groups excluding carboxylic acids is 1. The van der Waals surface area contributed by atoms with E-state index in [-0.39, 0.29) is 42.3 Å². The number of nitrogens with one attached hydrogen (secondary N) is 2. The number of nitrogens with zero attached hydrogens (tertiary/aromatic N) is 4. The van der Waals surface area contributed by atoms with Crippen LogP contribution in [0.4, 0.5) is 15.8 Å². The fourth-order valence-corrected chi connectivity index (χ4v) is 4.92. The van der Waals surface area contributed by atoms with Crippen molar-refractivity contribution in [2.45, 2.75) is 18.5 Å². The normalized spacial score (nSPS) is 16.8. The molecule has 1 aliphatic rings. The van der Waals surface area contributed by atoms with Crippen LogP contribution in [0.5, 0.6) is 0 Å². The van der Waals surface area contributed by atoms with Gasteiger partial charge in [-0.2, -0.15) is 0 Å². The van der Waals surface area contributed by atoms with Crippen molar-refractivity contribution in [3.63, 3.8) is 0 Å². The Balaban J connectivity index is 1.47. The topological polar surface area (TPSA) is 105 Å². The fraction of sp³-hybridized carbons (Fsp3) is 0.148. The number of hydrogen-bond donors (Lipinski definition) is 2. The van der Waals surface area contributed by atoms with E-state index >= 15 is 0 Å². The van der Waals surface area contributed by atoms with E-state index in [1.807, 2.05) is 46.0 Å². The Morgan fingerprint density at radius 3 is 2.68 bits per heavy atom. The summed E-state index contributed by atoms with van der Waals surface area (Å²) in [5.74, 6) is -0.867. The summed E-state index contributed by atoms with van der Waals surface area (Å²) >= 11 is 5.68. The first kappa shape index (κ1) is 25.0. The largest absolute Gasteiger partial charge is 0.352 e. The van der Waals surface area contributed by atoms with Gasteiger partial charge >= 0.3 is 0 Å².